The number of piperidine rings is 1. The first-order chi connectivity index (χ1) is 8.07. The van der Waals surface area contributed by atoms with Crippen LogP contribution in [0.1, 0.15) is 24.8 Å². The lowest BCUT2D eigenvalue weighted by atomic mass is 9.98. The molecule has 1 atom stereocenters. The van der Waals surface area contributed by atoms with Gasteiger partial charge in [-0.15, -0.1) is 0 Å². The smallest absolute Gasteiger partial charge is 0.175 e. The van der Waals surface area contributed by atoms with Gasteiger partial charge in [0.05, 0.1) is 4.90 Å². The van der Waals surface area contributed by atoms with E-state index in [0.29, 0.717) is 10.9 Å². The summed E-state index contributed by atoms with van der Waals surface area (Å²) in [7, 11) is -3.11. The molecule has 94 valence electrons. The van der Waals surface area contributed by atoms with Crippen molar-refractivity contribution < 1.29 is 8.42 Å². The van der Waals surface area contributed by atoms with Crippen molar-refractivity contribution in [3.8, 4) is 0 Å². The minimum atomic E-state index is -3.11. The van der Waals surface area contributed by atoms with Gasteiger partial charge in [0.1, 0.15) is 0 Å². The molecule has 1 N–H and O–H groups in total. The van der Waals surface area contributed by atoms with Crippen LogP contribution in [0.2, 0.25) is 0 Å². The van der Waals surface area contributed by atoms with E-state index in [0.717, 1.165) is 24.9 Å². The van der Waals surface area contributed by atoms with Gasteiger partial charge in [-0.2, -0.15) is 0 Å². The molecule has 0 amide bonds. The number of sulfone groups is 1. The lowest BCUT2D eigenvalue weighted by molar-refractivity contribution is 0.398. The van der Waals surface area contributed by atoms with Gasteiger partial charge in [0.2, 0.25) is 0 Å². The molecule has 1 aromatic carbocycles. The first kappa shape index (κ1) is 12.6. The molecule has 0 radical (unpaired) electrons. The zero-order chi connectivity index (χ0) is 12.3. The highest BCUT2D eigenvalue weighted by atomic mass is 32.2. The van der Waals surface area contributed by atoms with Gasteiger partial charge in [-0.3, -0.25) is 0 Å². The maximum Gasteiger partial charge on any atom is 0.175 e. The number of benzene rings is 1. The van der Waals surface area contributed by atoms with Crippen molar-refractivity contribution in [2.24, 2.45) is 0 Å². The van der Waals surface area contributed by atoms with Gasteiger partial charge in [-0.25, -0.2) is 8.42 Å². The van der Waals surface area contributed by atoms with E-state index in [1.54, 1.807) is 12.1 Å². The van der Waals surface area contributed by atoms with Gasteiger partial charge in [0.25, 0.3) is 0 Å². The van der Waals surface area contributed by atoms with Crippen LogP contribution in [0.25, 0.3) is 0 Å². The average molecular weight is 253 g/mol. The van der Waals surface area contributed by atoms with Crippen molar-refractivity contribution in [2.75, 3.05) is 12.8 Å². The third kappa shape index (κ3) is 3.30. The highest BCUT2D eigenvalue weighted by Crippen LogP contribution is 2.19. The van der Waals surface area contributed by atoms with Crippen LogP contribution >= 0.6 is 0 Å². The molecule has 0 saturated carbocycles. The van der Waals surface area contributed by atoms with Crippen molar-refractivity contribution in [1.82, 2.24) is 5.32 Å². The molecule has 4 heteroatoms. The van der Waals surface area contributed by atoms with E-state index in [-0.39, 0.29) is 0 Å². The predicted molar refractivity (Wildman–Crippen MR) is 68.9 cm³/mol. The third-order valence-electron chi connectivity index (χ3n) is 3.25. The van der Waals surface area contributed by atoms with Crippen LogP contribution in [-0.2, 0) is 16.3 Å². The van der Waals surface area contributed by atoms with E-state index in [2.05, 4.69) is 5.32 Å². The SMILES string of the molecule is CS(=O)(=O)c1ccccc1CC1CCCCN1. The van der Waals surface area contributed by atoms with E-state index in [1.165, 1.54) is 19.1 Å². The minimum absolute atomic E-state index is 0.423. The molecular weight excluding hydrogens is 234 g/mol. The summed E-state index contributed by atoms with van der Waals surface area (Å²) in [5, 5.41) is 3.45. The molecule has 1 unspecified atom stereocenters. The summed E-state index contributed by atoms with van der Waals surface area (Å²) in [6, 6.07) is 7.74. The molecule has 17 heavy (non-hydrogen) atoms. The Balaban J connectivity index is 2.20. The van der Waals surface area contributed by atoms with Gasteiger partial charge in [0, 0.05) is 12.3 Å². The fourth-order valence-electron chi connectivity index (χ4n) is 2.40. The highest BCUT2D eigenvalue weighted by Gasteiger charge is 2.18. The summed E-state index contributed by atoms with van der Waals surface area (Å²) in [4.78, 5) is 0.479. The van der Waals surface area contributed by atoms with E-state index < -0.39 is 9.84 Å². The molecular formula is C13H19NO2S. The standard InChI is InChI=1S/C13H19NO2S/c1-17(15,16)13-8-3-2-6-11(13)10-12-7-4-5-9-14-12/h2-3,6,8,12,14H,4-5,7,9-10H2,1H3. The summed E-state index contributed by atoms with van der Waals surface area (Å²) < 4.78 is 23.3. The summed E-state index contributed by atoms with van der Waals surface area (Å²) in [6.07, 6.45) is 5.68. The van der Waals surface area contributed by atoms with E-state index >= 15 is 0 Å². The number of hydrogen-bond acceptors (Lipinski definition) is 3. The Bertz CT molecular complexity index is 476. The number of hydrogen-bond donors (Lipinski definition) is 1. The largest absolute Gasteiger partial charge is 0.314 e. The molecule has 1 saturated heterocycles. The molecule has 1 aliphatic rings. The molecule has 0 spiro atoms. The topological polar surface area (TPSA) is 46.2 Å². The molecule has 0 aliphatic carbocycles. The second kappa shape index (κ2) is 5.19. The molecule has 2 rings (SSSR count). The summed E-state index contributed by atoms with van der Waals surface area (Å²) >= 11 is 0. The normalized spacial score (nSPS) is 21.4. The lowest BCUT2D eigenvalue weighted by Crippen LogP contribution is -2.35. The van der Waals surface area contributed by atoms with Crippen LogP contribution in [-0.4, -0.2) is 27.3 Å². The van der Waals surface area contributed by atoms with Gasteiger partial charge in [-0.1, -0.05) is 24.6 Å². The summed E-state index contributed by atoms with van der Waals surface area (Å²) in [6.45, 7) is 1.05. The molecule has 1 aliphatic heterocycles. The van der Waals surface area contributed by atoms with Gasteiger partial charge >= 0.3 is 0 Å². The van der Waals surface area contributed by atoms with E-state index in [9.17, 15) is 8.42 Å². The first-order valence-electron chi connectivity index (χ1n) is 6.09. The van der Waals surface area contributed by atoms with Crippen LogP contribution in [0, 0.1) is 0 Å². The van der Waals surface area contributed by atoms with E-state index in [1.807, 2.05) is 12.1 Å². The Morgan fingerprint density at radius 3 is 2.71 bits per heavy atom. The Labute approximate surface area is 103 Å². The monoisotopic (exact) mass is 253 g/mol. The fourth-order valence-corrected chi connectivity index (χ4v) is 3.35. The minimum Gasteiger partial charge on any atom is -0.314 e. The van der Waals surface area contributed by atoms with E-state index in [4.69, 9.17) is 0 Å². The van der Waals surface area contributed by atoms with Crippen molar-refractivity contribution in [3.05, 3.63) is 29.8 Å². The van der Waals surface area contributed by atoms with Crippen LogP contribution in [0.15, 0.2) is 29.2 Å². The second-order valence-corrected chi connectivity index (χ2v) is 6.71. The molecule has 3 nitrogen and oxygen atoms in total. The Kier molecular flexibility index (Phi) is 3.84. The van der Waals surface area contributed by atoms with Gasteiger partial charge < -0.3 is 5.32 Å². The maximum atomic E-state index is 11.7. The van der Waals surface area contributed by atoms with Crippen molar-refractivity contribution in [1.29, 1.82) is 0 Å². The molecule has 1 aromatic rings. The lowest BCUT2D eigenvalue weighted by Gasteiger charge is -2.24. The van der Waals surface area contributed by atoms with Crippen molar-refractivity contribution in [2.45, 2.75) is 36.6 Å². The Hall–Kier alpha value is -0.870. The molecule has 1 fully saturated rings. The first-order valence-corrected chi connectivity index (χ1v) is 7.98. The maximum absolute atomic E-state index is 11.7. The quantitative estimate of drug-likeness (QED) is 0.893. The fraction of sp³-hybridized carbons (Fsp3) is 0.538. The van der Waals surface area contributed by atoms with Crippen LogP contribution < -0.4 is 5.32 Å². The molecule has 0 bridgehead atoms. The van der Waals surface area contributed by atoms with Crippen molar-refractivity contribution in [3.63, 3.8) is 0 Å². The predicted octanol–water partition coefficient (Wildman–Crippen LogP) is 1.77. The average Bonchev–Trinajstić information content (AvgIpc) is 2.30. The summed E-state index contributed by atoms with van der Waals surface area (Å²) in [5.74, 6) is 0. The molecule has 0 aromatic heterocycles. The van der Waals surface area contributed by atoms with Crippen LogP contribution in [0.3, 0.4) is 0 Å². The van der Waals surface area contributed by atoms with Crippen LogP contribution in [0.5, 0.6) is 0 Å². The zero-order valence-corrected chi connectivity index (χ0v) is 11.0. The highest BCUT2D eigenvalue weighted by molar-refractivity contribution is 7.90. The Morgan fingerprint density at radius 1 is 1.29 bits per heavy atom. The second-order valence-electron chi connectivity index (χ2n) is 4.73. The van der Waals surface area contributed by atoms with Crippen molar-refractivity contribution >= 4 is 9.84 Å². The number of rotatable bonds is 3. The van der Waals surface area contributed by atoms with Gasteiger partial charge in [-0.05, 0) is 37.4 Å². The number of nitrogens with one attached hydrogen (secondary N) is 1. The summed E-state index contributed by atoms with van der Waals surface area (Å²) in [5.41, 5.74) is 0.939. The zero-order valence-electron chi connectivity index (χ0n) is 10.1. The Morgan fingerprint density at radius 2 is 2.06 bits per heavy atom. The third-order valence-corrected chi connectivity index (χ3v) is 4.45. The van der Waals surface area contributed by atoms with Crippen LogP contribution in [0.4, 0.5) is 0 Å². The van der Waals surface area contributed by atoms with Gasteiger partial charge in [0.15, 0.2) is 9.84 Å². The molecule has 1 heterocycles.